The Hall–Kier alpha value is -1.73. The Bertz CT molecular complexity index is 753. The van der Waals surface area contributed by atoms with Crippen molar-refractivity contribution in [2.75, 3.05) is 0 Å². The van der Waals surface area contributed by atoms with Gasteiger partial charge in [-0.2, -0.15) is 0 Å². The van der Waals surface area contributed by atoms with Crippen molar-refractivity contribution in [3.8, 4) is 11.3 Å². The van der Waals surface area contributed by atoms with Crippen LogP contribution >= 0.6 is 11.6 Å². The van der Waals surface area contributed by atoms with Gasteiger partial charge in [-0.05, 0) is 55.2 Å². The summed E-state index contributed by atoms with van der Waals surface area (Å²) in [7, 11) is 0. The second kappa shape index (κ2) is 4.14. The quantitative estimate of drug-likeness (QED) is 0.588. The highest BCUT2D eigenvalue weighted by Crippen LogP contribution is 2.39. The topological polar surface area (TPSA) is 13.1 Å². The summed E-state index contributed by atoms with van der Waals surface area (Å²) in [6.45, 7) is 0. The predicted octanol–water partition coefficient (Wildman–Crippen LogP) is 5.24. The zero-order chi connectivity index (χ0) is 12.8. The molecule has 0 spiro atoms. The van der Waals surface area contributed by atoms with E-state index in [4.69, 9.17) is 16.0 Å². The third-order valence-electron chi connectivity index (χ3n) is 3.88. The molecule has 1 aromatic heterocycles. The van der Waals surface area contributed by atoms with E-state index in [0.717, 1.165) is 34.8 Å². The molecule has 0 radical (unpaired) electrons. The Labute approximate surface area is 116 Å². The predicted molar refractivity (Wildman–Crippen MR) is 78.7 cm³/mol. The number of aryl methyl sites for hydroxylation is 2. The molecule has 0 N–H and O–H groups in total. The first-order valence-electron chi connectivity index (χ1n) is 6.62. The monoisotopic (exact) mass is 268 g/mol. The van der Waals surface area contributed by atoms with Crippen molar-refractivity contribution in [3.05, 3.63) is 58.6 Å². The van der Waals surface area contributed by atoms with Gasteiger partial charge in [-0.3, -0.25) is 0 Å². The highest BCUT2D eigenvalue weighted by molar-refractivity contribution is 6.30. The Morgan fingerprint density at radius 3 is 2.63 bits per heavy atom. The van der Waals surface area contributed by atoms with E-state index in [0.29, 0.717) is 0 Å². The van der Waals surface area contributed by atoms with Gasteiger partial charge in [-0.1, -0.05) is 23.7 Å². The lowest BCUT2D eigenvalue weighted by atomic mass is 9.90. The zero-order valence-electron chi connectivity index (χ0n) is 10.4. The average molecular weight is 269 g/mol. The van der Waals surface area contributed by atoms with E-state index in [9.17, 15) is 0 Å². The molecule has 2 heteroatoms. The molecule has 2 aromatic carbocycles. The molecule has 1 aliphatic rings. The van der Waals surface area contributed by atoms with Gasteiger partial charge >= 0.3 is 0 Å². The summed E-state index contributed by atoms with van der Waals surface area (Å²) in [6.07, 6.45) is 3.46. The molecule has 19 heavy (non-hydrogen) atoms. The minimum absolute atomic E-state index is 0.759. The van der Waals surface area contributed by atoms with Crippen LogP contribution < -0.4 is 0 Å². The van der Waals surface area contributed by atoms with Crippen molar-refractivity contribution in [1.82, 2.24) is 0 Å². The lowest BCUT2D eigenvalue weighted by molar-refractivity contribution is 0.626. The first-order chi connectivity index (χ1) is 9.33. The number of halogens is 1. The van der Waals surface area contributed by atoms with Crippen LogP contribution in [0.25, 0.3) is 22.3 Å². The number of rotatable bonds is 1. The normalized spacial score (nSPS) is 13.9. The molecule has 1 nitrogen and oxygen atoms in total. The number of hydrogen-bond acceptors (Lipinski definition) is 1. The number of furan rings is 1. The Morgan fingerprint density at radius 2 is 1.79 bits per heavy atom. The van der Waals surface area contributed by atoms with Gasteiger partial charge in [0.15, 0.2) is 0 Å². The summed E-state index contributed by atoms with van der Waals surface area (Å²) in [5.74, 6) is 1.01. The zero-order valence-corrected chi connectivity index (χ0v) is 11.2. The van der Waals surface area contributed by atoms with Gasteiger partial charge in [0.25, 0.3) is 0 Å². The second-order valence-electron chi connectivity index (χ2n) is 5.06. The van der Waals surface area contributed by atoms with E-state index >= 15 is 0 Å². The molecule has 94 valence electrons. The molecule has 0 fully saturated rings. The lowest BCUT2D eigenvalue weighted by Gasteiger charge is -2.11. The number of benzene rings is 2. The molecule has 0 aliphatic heterocycles. The fourth-order valence-electron chi connectivity index (χ4n) is 3.03. The fourth-order valence-corrected chi connectivity index (χ4v) is 3.15. The van der Waals surface area contributed by atoms with Crippen molar-refractivity contribution < 1.29 is 4.42 Å². The van der Waals surface area contributed by atoms with Crippen molar-refractivity contribution in [2.24, 2.45) is 0 Å². The summed E-state index contributed by atoms with van der Waals surface area (Å²) in [5, 5.41) is 2.09. The Kier molecular flexibility index (Phi) is 2.42. The molecular formula is C17H13ClO. The van der Waals surface area contributed by atoms with Gasteiger partial charge in [0.05, 0.1) is 0 Å². The van der Waals surface area contributed by atoms with Crippen LogP contribution in [0, 0.1) is 0 Å². The van der Waals surface area contributed by atoms with Crippen LogP contribution in [-0.4, -0.2) is 0 Å². The lowest BCUT2D eigenvalue weighted by Crippen LogP contribution is -1.98. The maximum absolute atomic E-state index is 6.09. The highest BCUT2D eigenvalue weighted by Gasteiger charge is 2.21. The summed E-state index contributed by atoms with van der Waals surface area (Å²) in [6, 6.07) is 14.3. The van der Waals surface area contributed by atoms with E-state index in [-0.39, 0.29) is 0 Å². The molecule has 0 amide bonds. The van der Waals surface area contributed by atoms with E-state index in [2.05, 4.69) is 18.2 Å². The molecule has 1 heterocycles. The van der Waals surface area contributed by atoms with Gasteiger partial charge in [0, 0.05) is 21.5 Å². The van der Waals surface area contributed by atoms with Gasteiger partial charge in [-0.15, -0.1) is 0 Å². The third kappa shape index (κ3) is 1.69. The first kappa shape index (κ1) is 11.1. The molecule has 0 bridgehead atoms. The molecule has 0 atom stereocenters. The van der Waals surface area contributed by atoms with Crippen LogP contribution in [0.5, 0.6) is 0 Å². The van der Waals surface area contributed by atoms with E-state index < -0.39 is 0 Å². The fraction of sp³-hybridized carbons (Fsp3) is 0.176. The molecule has 1 aliphatic carbocycles. The minimum Gasteiger partial charge on any atom is -0.456 e. The maximum Gasteiger partial charge on any atom is 0.138 e. The Balaban J connectivity index is 2.01. The molecule has 4 rings (SSSR count). The molecule has 3 aromatic rings. The van der Waals surface area contributed by atoms with E-state index in [1.54, 1.807) is 0 Å². The average Bonchev–Trinajstić information content (AvgIpc) is 2.82. The molecule has 0 unspecified atom stereocenters. The van der Waals surface area contributed by atoms with Crippen LogP contribution in [0.2, 0.25) is 5.02 Å². The van der Waals surface area contributed by atoms with Crippen molar-refractivity contribution in [1.29, 1.82) is 0 Å². The van der Waals surface area contributed by atoms with Crippen LogP contribution in [0.1, 0.15) is 17.5 Å². The van der Waals surface area contributed by atoms with E-state index in [1.165, 1.54) is 22.9 Å². The van der Waals surface area contributed by atoms with Gasteiger partial charge in [0.2, 0.25) is 0 Å². The van der Waals surface area contributed by atoms with Crippen molar-refractivity contribution >= 4 is 22.6 Å². The largest absolute Gasteiger partial charge is 0.456 e. The van der Waals surface area contributed by atoms with Crippen LogP contribution in [0.4, 0.5) is 0 Å². The summed E-state index contributed by atoms with van der Waals surface area (Å²) < 4.78 is 6.09. The van der Waals surface area contributed by atoms with Crippen LogP contribution in [0.3, 0.4) is 0 Å². The van der Waals surface area contributed by atoms with Crippen molar-refractivity contribution in [2.45, 2.75) is 19.3 Å². The highest BCUT2D eigenvalue weighted by atomic mass is 35.5. The summed E-state index contributed by atoms with van der Waals surface area (Å²) in [5.41, 5.74) is 4.91. The third-order valence-corrected chi connectivity index (χ3v) is 4.13. The smallest absolute Gasteiger partial charge is 0.138 e. The maximum atomic E-state index is 6.09. The van der Waals surface area contributed by atoms with Crippen LogP contribution in [-0.2, 0) is 12.8 Å². The first-order valence-corrected chi connectivity index (χ1v) is 7.00. The van der Waals surface area contributed by atoms with Gasteiger partial charge in [-0.25, -0.2) is 0 Å². The Morgan fingerprint density at radius 1 is 0.947 bits per heavy atom. The van der Waals surface area contributed by atoms with Gasteiger partial charge in [0.1, 0.15) is 11.3 Å². The number of hydrogen-bond donors (Lipinski definition) is 0. The summed E-state index contributed by atoms with van der Waals surface area (Å²) >= 11 is 5.96. The standard InChI is InChI=1S/C17H13ClO/c18-13-9-7-12(8-10-13)17-14-5-1-3-11-4-2-6-15(19-17)16(11)14/h2,4,6-10H,1,3,5H2. The van der Waals surface area contributed by atoms with Crippen molar-refractivity contribution in [3.63, 3.8) is 0 Å². The second-order valence-corrected chi connectivity index (χ2v) is 5.50. The minimum atomic E-state index is 0.759. The molecule has 0 saturated heterocycles. The van der Waals surface area contributed by atoms with Gasteiger partial charge < -0.3 is 4.42 Å². The molecular weight excluding hydrogens is 256 g/mol. The summed E-state index contributed by atoms with van der Waals surface area (Å²) in [4.78, 5) is 0. The SMILES string of the molecule is Clc1ccc(-c2oc3cccc4c3c2CCC4)cc1. The van der Waals surface area contributed by atoms with E-state index in [1.807, 2.05) is 24.3 Å². The molecule has 0 saturated carbocycles. The van der Waals surface area contributed by atoms with Crippen LogP contribution in [0.15, 0.2) is 46.9 Å².